The third-order valence-electron chi connectivity index (χ3n) is 1.88. The van der Waals surface area contributed by atoms with E-state index in [4.69, 9.17) is 16.6 Å². The molecule has 0 aromatic rings. The fourth-order valence-electron chi connectivity index (χ4n) is 0.984. The van der Waals surface area contributed by atoms with Crippen LogP contribution < -0.4 is 16.8 Å². The van der Waals surface area contributed by atoms with Gasteiger partial charge in [-0.2, -0.15) is 0 Å². The third kappa shape index (κ3) is 7.90. The quantitative estimate of drug-likeness (QED) is 0.413. The Kier molecular flexibility index (Phi) is 6.64. The molecule has 0 saturated heterocycles. The lowest BCUT2D eigenvalue weighted by atomic mass is 10.1. The Morgan fingerprint density at radius 1 is 1.47 bits per heavy atom. The standard InChI is InChI=1S/C9H19N3O3/c1-6(10)3-2-4-8(14)12-5-7(13)9(11)15/h6-7,13H,2-5,10H2,1H3,(H2,11,15)(H,12,14). The van der Waals surface area contributed by atoms with Crippen molar-refractivity contribution in [2.24, 2.45) is 11.5 Å². The highest BCUT2D eigenvalue weighted by molar-refractivity contribution is 5.80. The molecule has 0 bridgehead atoms. The molecule has 0 aliphatic heterocycles. The molecule has 0 aromatic carbocycles. The summed E-state index contributed by atoms with van der Waals surface area (Å²) < 4.78 is 0. The second-order valence-electron chi connectivity index (χ2n) is 3.59. The Morgan fingerprint density at radius 3 is 2.53 bits per heavy atom. The van der Waals surface area contributed by atoms with Gasteiger partial charge in [0.2, 0.25) is 11.8 Å². The molecular weight excluding hydrogens is 198 g/mol. The zero-order chi connectivity index (χ0) is 11.8. The van der Waals surface area contributed by atoms with Crippen LogP contribution in [0.2, 0.25) is 0 Å². The van der Waals surface area contributed by atoms with E-state index in [1.165, 1.54) is 0 Å². The van der Waals surface area contributed by atoms with E-state index in [-0.39, 0.29) is 18.5 Å². The number of carbonyl (C=O) groups excluding carboxylic acids is 2. The number of aliphatic hydroxyl groups excluding tert-OH is 1. The van der Waals surface area contributed by atoms with E-state index in [0.717, 1.165) is 6.42 Å². The molecule has 0 saturated carbocycles. The van der Waals surface area contributed by atoms with Gasteiger partial charge in [-0.25, -0.2) is 0 Å². The largest absolute Gasteiger partial charge is 0.381 e. The maximum Gasteiger partial charge on any atom is 0.248 e. The normalized spacial score (nSPS) is 14.3. The number of hydrogen-bond acceptors (Lipinski definition) is 4. The Morgan fingerprint density at radius 2 is 2.07 bits per heavy atom. The van der Waals surface area contributed by atoms with E-state index >= 15 is 0 Å². The molecule has 0 spiro atoms. The van der Waals surface area contributed by atoms with Gasteiger partial charge in [0.1, 0.15) is 6.10 Å². The molecule has 2 amide bonds. The Labute approximate surface area is 89.0 Å². The predicted molar refractivity (Wildman–Crippen MR) is 55.7 cm³/mol. The zero-order valence-corrected chi connectivity index (χ0v) is 8.90. The maximum absolute atomic E-state index is 11.1. The molecule has 0 aromatic heterocycles. The predicted octanol–water partition coefficient (Wildman–Crippen LogP) is -1.53. The van der Waals surface area contributed by atoms with Gasteiger partial charge in [-0.3, -0.25) is 9.59 Å². The fraction of sp³-hybridized carbons (Fsp3) is 0.778. The van der Waals surface area contributed by atoms with Gasteiger partial charge in [-0.15, -0.1) is 0 Å². The average Bonchev–Trinajstić information content (AvgIpc) is 2.13. The van der Waals surface area contributed by atoms with E-state index in [1.807, 2.05) is 6.92 Å². The van der Waals surface area contributed by atoms with Gasteiger partial charge in [0.25, 0.3) is 0 Å². The van der Waals surface area contributed by atoms with Crippen LogP contribution in [0, 0.1) is 0 Å². The molecule has 0 aliphatic rings. The molecule has 88 valence electrons. The smallest absolute Gasteiger partial charge is 0.248 e. The van der Waals surface area contributed by atoms with E-state index in [9.17, 15) is 9.59 Å². The van der Waals surface area contributed by atoms with Crippen LogP contribution in [0.3, 0.4) is 0 Å². The molecule has 0 rings (SSSR count). The second-order valence-corrected chi connectivity index (χ2v) is 3.59. The highest BCUT2D eigenvalue weighted by Crippen LogP contribution is 1.97. The van der Waals surface area contributed by atoms with E-state index in [1.54, 1.807) is 0 Å². The Balaban J connectivity index is 3.53. The molecule has 15 heavy (non-hydrogen) atoms. The van der Waals surface area contributed by atoms with E-state index < -0.39 is 12.0 Å². The van der Waals surface area contributed by atoms with Crippen molar-refractivity contribution in [1.29, 1.82) is 0 Å². The molecule has 0 aliphatic carbocycles. The van der Waals surface area contributed by atoms with E-state index in [2.05, 4.69) is 5.32 Å². The molecule has 6 N–H and O–H groups in total. The van der Waals surface area contributed by atoms with Crippen LogP contribution in [0.15, 0.2) is 0 Å². The van der Waals surface area contributed by atoms with Gasteiger partial charge in [-0.05, 0) is 19.8 Å². The number of primary amides is 1. The first kappa shape index (κ1) is 13.9. The van der Waals surface area contributed by atoms with Crippen molar-refractivity contribution in [3.8, 4) is 0 Å². The summed E-state index contributed by atoms with van der Waals surface area (Å²) in [5, 5.41) is 11.4. The summed E-state index contributed by atoms with van der Waals surface area (Å²) in [5.74, 6) is -1.05. The number of nitrogens with two attached hydrogens (primary N) is 2. The van der Waals surface area contributed by atoms with Crippen LogP contribution in [0.4, 0.5) is 0 Å². The van der Waals surface area contributed by atoms with Crippen LogP contribution in [-0.2, 0) is 9.59 Å². The first-order valence-electron chi connectivity index (χ1n) is 4.93. The molecule has 0 fully saturated rings. The van der Waals surface area contributed by atoms with Crippen molar-refractivity contribution in [2.45, 2.75) is 38.3 Å². The third-order valence-corrected chi connectivity index (χ3v) is 1.88. The summed E-state index contributed by atoms with van der Waals surface area (Å²) in [5.41, 5.74) is 10.3. The van der Waals surface area contributed by atoms with Crippen LogP contribution in [0.25, 0.3) is 0 Å². The topological polar surface area (TPSA) is 118 Å². The summed E-state index contributed by atoms with van der Waals surface area (Å²) in [4.78, 5) is 21.6. The van der Waals surface area contributed by atoms with Gasteiger partial charge in [-0.1, -0.05) is 0 Å². The van der Waals surface area contributed by atoms with Crippen molar-refractivity contribution in [2.75, 3.05) is 6.54 Å². The first-order valence-corrected chi connectivity index (χ1v) is 4.93. The molecule has 2 unspecified atom stereocenters. The highest BCUT2D eigenvalue weighted by Gasteiger charge is 2.11. The summed E-state index contributed by atoms with van der Waals surface area (Å²) in [6.45, 7) is 1.74. The maximum atomic E-state index is 11.1. The van der Waals surface area contributed by atoms with Gasteiger partial charge in [0, 0.05) is 12.5 Å². The molecule has 0 heterocycles. The van der Waals surface area contributed by atoms with Crippen LogP contribution in [0.5, 0.6) is 0 Å². The van der Waals surface area contributed by atoms with Crippen molar-refractivity contribution in [3.05, 3.63) is 0 Å². The molecule has 0 radical (unpaired) electrons. The number of rotatable bonds is 7. The van der Waals surface area contributed by atoms with Crippen LogP contribution in [-0.4, -0.2) is 35.6 Å². The molecule has 6 nitrogen and oxygen atoms in total. The minimum absolute atomic E-state index is 0.0778. The summed E-state index contributed by atoms with van der Waals surface area (Å²) in [6.07, 6.45) is 0.483. The number of aliphatic hydroxyl groups is 1. The number of nitrogens with one attached hydrogen (secondary N) is 1. The van der Waals surface area contributed by atoms with Gasteiger partial charge >= 0.3 is 0 Å². The van der Waals surface area contributed by atoms with Gasteiger partial charge in [0.15, 0.2) is 0 Å². The van der Waals surface area contributed by atoms with Gasteiger partial charge < -0.3 is 21.9 Å². The lowest BCUT2D eigenvalue weighted by molar-refractivity contribution is -0.127. The molecule has 6 heteroatoms. The Hall–Kier alpha value is -1.14. The monoisotopic (exact) mass is 217 g/mol. The van der Waals surface area contributed by atoms with Crippen LogP contribution >= 0.6 is 0 Å². The van der Waals surface area contributed by atoms with Crippen molar-refractivity contribution in [1.82, 2.24) is 5.32 Å². The summed E-state index contributed by atoms with van der Waals surface area (Å²) in [6, 6.07) is 0.0778. The fourth-order valence-corrected chi connectivity index (χ4v) is 0.984. The molecular formula is C9H19N3O3. The minimum Gasteiger partial charge on any atom is -0.381 e. The van der Waals surface area contributed by atoms with Gasteiger partial charge in [0.05, 0.1) is 6.54 Å². The number of amides is 2. The summed E-state index contributed by atoms with van der Waals surface area (Å²) >= 11 is 0. The minimum atomic E-state index is -1.32. The van der Waals surface area contributed by atoms with Crippen LogP contribution in [0.1, 0.15) is 26.2 Å². The first-order chi connectivity index (χ1) is 6.93. The lowest BCUT2D eigenvalue weighted by Gasteiger charge is -2.08. The van der Waals surface area contributed by atoms with Crippen molar-refractivity contribution >= 4 is 11.8 Å². The number of hydrogen-bond donors (Lipinski definition) is 4. The highest BCUT2D eigenvalue weighted by atomic mass is 16.3. The second kappa shape index (κ2) is 7.19. The van der Waals surface area contributed by atoms with E-state index in [0.29, 0.717) is 12.8 Å². The number of carbonyl (C=O) groups is 2. The lowest BCUT2D eigenvalue weighted by Crippen LogP contribution is -2.39. The van der Waals surface area contributed by atoms with Crippen molar-refractivity contribution in [3.63, 3.8) is 0 Å². The summed E-state index contributed by atoms with van der Waals surface area (Å²) in [7, 11) is 0. The average molecular weight is 217 g/mol. The Bertz CT molecular complexity index is 219. The SMILES string of the molecule is CC(N)CCCC(=O)NCC(O)C(N)=O. The van der Waals surface area contributed by atoms with Crippen molar-refractivity contribution < 1.29 is 14.7 Å². The molecule has 2 atom stereocenters. The zero-order valence-electron chi connectivity index (χ0n) is 8.90.